The van der Waals surface area contributed by atoms with Gasteiger partial charge in [-0.3, -0.25) is 4.55 Å². The standard InChI is InChI=1S/C14H19NO10S2/c16-6-9-11(18)12(19)13(20)14(24-9)26-10(15-25-27(21,22)23)5-7-2-1-3-8(17)4-7/h1-4,9,11-14,16-20H,5-6H2,(H,21,22,23)/b15-10-/t9-,11+,12-,13-,14-/m1/s1. The van der Waals surface area contributed by atoms with Crippen LogP contribution in [0.1, 0.15) is 5.56 Å². The number of hydrogen-bond donors (Lipinski definition) is 6. The van der Waals surface area contributed by atoms with Crippen LogP contribution in [0.2, 0.25) is 0 Å². The number of aliphatic hydroxyl groups excluding tert-OH is 4. The third-order valence-corrected chi connectivity index (χ3v) is 4.98. The van der Waals surface area contributed by atoms with Gasteiger partial charge in [-0.15, -0.1) is 0 Å². The predicted molar refractivity (Wildman–Crippen MR) is 93.2 cm³/mol. The van der Waals surface area contributed by atoms with E-state index in [2.05, 4.69) is 9.44 Å². The number of aliphatic hydroxyl groups is 4. The summed E-state index contributed by atoms with van der Waals surface area (Å²) >= 11 is 0.653. The Kier molecular flexibility index (Phi) is 7.41. The summed E-state index contributed by atoms with van der Waals surface area (Å²) in [5.74, 6) is -0.0552. The number of phenolic OH excluding ortho intramolecular Hbond substituents is 1. The first kappa shape index (κ1) is 21.8. The van der Waals surface area contributed by atoms with Crippen molar-refractivity contribution in [3.8, 4) is 5.75 Å². The number of rotatable bonds is 6. The highest BCUT2D eigenvalue weighted by Crippen LogP contribution is 2.30. The Labute approximate surface area is 158 Å². The topological polar surface area (TPSA) is 186 Å². The zero-order chi connectivity index (χ0) is 20.2. The maximum atomic E-state index is 10.8. The molecule has 1 aliphatic heterocycles. The monoisotopic (exact) mass is 425 g/mol. The Hall–Kier alpha value is -1.45. The van der Waals surface area contributed by atoms with Crippen LogP contribution in [0.5, 0.6) is 5.75 Å². The van der Waals surface area contributed by atoms with Gasteiger partial charge >= 0.3 is 10.4 Å². The summed E-state index contributed by atoms with van der Waals surface area (Å²) in [6.07, 6.45) is -6.01. The summed E-state index contributed by atoms with van der Waals surface area (Å²) in [5, 5.41) is 51.6. The van der Waals surface area contributed by atoms with Crippen molar-refractivity contribution < 1.29 is 47.5 Å². The molecule has 152 valence electrons. The van der Waals surface area contributed by atoms with Crippen LogP contribution in [0.3, 0.4) is 0 Å². The van der Waals surface area contributed by atoms with Crippen LogP contribution in [0.25, 0.3) is 0 Å². The quantitative estimate of drug-likeness (QED) is 0.136. The molecule has 0 spiro atoms. The van der Waals surface area contributed by atoms with Crippen LogP contribution >= 0.6 is 11.8 Å². The maximum Gasteiger partial charge on any atom is 0.466 e. The van der Waals surface area contributed by atoms with Gasteiger partial charge in [0.1, 0.15) is 40.6 Å². The molecule has 0 saturated carbocycles. The maximum absolute atomic E-state index is 10.8. The van der Waals surface area contributed by atoms with Crippen molar-refractivity contribution in [3.63, 3.8) is 0 Å². The van der Waals surface area contributed by atoms with E-state index in [-0.39, 0.29) is 17.2 Å². The molecular weight excluding hydrogens is 406 g/mol. The lowest BCUT2D eigenvalue weighted by Crippen LogP contribution is -2.57. The molecule has 1 aromatic carbocycles. The van der Waals surface area contributed by atoms with E-state index >= 15 is 0 Å². The van der Waals surface area contributed by atoms with Crippen LogP contribution in [0.4, 0.5) is 0 Å². The van der Waals surface area contributed by atoms with E-state index < -0.39 is 46.9 Å². The van der Waals surface area contributed by atoms with Crippen LogP contribution < -0.4 is 0 Å². The minimum atomic E-state index is -4.89. The second-order valence-corrected chi connectivity index (χ2v) is 7.83. The molecule has 0 amide bonds. The number of hydrogen-bond acceptors (Lipinski definition) is 11. The molecule has 0 unspecified atom stereocenters. The summed E-state index contributed by atoms with van der Waals surface area (Å²) in [6, 6.07) is 5.91. The molecule has 11 nitrogen and oxygen atoms in total. The van der Waals surface area contributed by atoms with E-state index in [1.807, 2.05) is 0 Å². The first-order valence-corrected chi connectivity index (χ1v) is 9.83. The molecule has 1 aliphatic rings. The summed E-state index contributed by atoms with van der Waals surface area (Å²) in [6.45, 7) is -0.636. The summed E-state index contributed by atoms with van der Waals surface area (Å²) in [7, 11) is -4.89. The summed E-state index contributed by atoms with van der Waals surface area (Å²) in [5.41, 5.74) is -0.744. The number of thioether (sulfide) groups is 1. The number of phenols is 1. The lowest BCUT2D eigenvalue weighted by molar-refractivity contribution is -0.205. The number of oxime groups is 1. The van der Waals surface area contributed by atoms with E-state index in [9.17, 15) is 34.0 Å². The lowest BCUT2D eigenvalue weighted by Gasteiger charge is -2.39. The van der Waals surface area contributed by atoms with Crippen molar-refractivity contribution in [2.24, 2.45) is 5.16 Å². The molecule has 0 aliphatic carbocycles. The molecule has 1 aromatic rings. The molecule has 6 N–H and O–H groups in total. The average molecular weight is 425 g/mol. The fourth-order valence-electron chi connectivity index (χ4n) is 2.32. The van der Waals surface area contributed by atoms with Gasteiger partial charge in [0.2, 0.25) is 0 Å². The summed E-state index contributed by atoms with van der Waals surface area (Å²) in [4.78, 5) is 0. The van der Waals surface area contributed by atoms with Crippen LogP contribution in [-0.2, 0) is 25.8 Å². The van der Waals surface area contributed by atoms with Gasteiger partial charge in [0.05, 0.1) is 6.61 Å². The van der Waals surface area contributed by atoms with Crippen LogP contribution in [0, 0.1) is 0 Å². The second kappa shape index (κ2) is 9.16. The van der Waals surface area contributed by atoms with Gasteiger partial charge in [-0.05, 0) is 17.7 Å². The lowest BCUT2D eigenvalue weighted by atomic mass is 10.0. The molecular formula is C14H19NO10S2. The number of ether oxygens (including phenoxy) is 1. The van der Waals surface area contributed by atoms with Crippen molar-refractivity contribution in [2.75, 3.05) is 6.61 Å². The molecule has 13 heteroatoms. The first-order chi connectivity index (χ1) is 12.6. The van der Waals surface area contributed by atoms with Gasteiger partial charge < -0.3 is 30.3 Å². The first-order valence-electron chi connectivity index (χ1n) is 7.58. The van der Waals surface area contributed by atoms with Crippen LogP contribution in [-0.4, -0.2) is 80.0 Å². The summed E-state index contributed by atoms with van der Waals surface area (Å²) < 4.78 is 39.6. The second-order valence-electron chi connectivity index (χ2n) is 5.65. The Balaban J connectivity index is 2.22. The Bertz CT molecular complexity index is 769. The average Bonchev–Trinajstić information content (AvgIpc) is 2.59. The SMILES string of the molecule is O=S(=O)(O)O/N=C(/Cc1cccc(O)c1)S[C@H]1O[C@H](CO)[C@H](O)[C@@H](O)[C@H]1O. The van der Waals surface area contributed by atoms with Gasteiger partial charge in [0, 0.05) is 6.42 Å². The highest BCUT2D eigenvalue weighted by Gasteiger charge is 2.44. The third kappa shape index (κ3) is 6.29. The number of nitrogens with zero attached hydrogens (tertiary/aromatic N) is 1. The van der Waals surface area contributed by atoms with Gasteiger partial charge in [0.15, 0.2) is 0 Å². The Morgan fingerprint density at radius 3 is 2.52 bits per heavy atom. The zero-order valence-electron chi connectivity index (χ0n) is 13.7. The molecule has 27 heavy (non-hydrogen) atoms. The van der Waals surface area contributed by atoms with E-state index in [0.29, 0.717) is 17.3 Å². The molecule has 5 atom stereocenters. The molecule has 0 aromatic heterocycles. The van der Waals surface area contributed by atoms with Gasteiger partial charge in [-0.1, -0.05) is 29.1 Å². The van der Waals surface area contributed by atoms with Crippen LogP contribution in [0.15, 0.2) is 29.4 Å². The Morgan fingerprint density at radius 2 is 1.93 bits per heavy atom. The van der Waals surface area contributed by atoms with E-state index in [4.69, 9.17) is 9.29 Å². The Morgan fingerprint density at radius 1 is 1.22 bits per heavy atom. The zero-order valence-corrected chi connectivity index (χ0v) is 15.3. The van der Waals surface area contributed by atoms with Crippen molar-refractivity contribution in [3.05, 3.63) is 29.8 Å². The third-order valence-electron chi connectivity index (χ3n) is 3.60. The largest absolute Gasteiger partial charge is 0.508 e. The van der Waals surface area contributed by atoms with Crippen molar-refractivity contribution in [2.45, 2.75) is 36.3 Å². The highest BCUT2D eigenvalue weighted by atomic mass is 32.3. The van der Waals surface area contributed by atoms with E-state index in [1.54, 1.807) is 6.07 Å². The molecule has 0 bridgehead atoms. The van der Waals surface area contributed by atoms with Crippen molar-refractivity contribution >= 4 is 27.2 Å². The van der Waals surface area contributed by atoms with E-state index in [1.165, 1.54) is 18.2 Å². The molecule has 1 heterocycles. The van der Waals surface area contributed by atoms with Crippen molar-refractivity contribution in [1.29, 1.82) is 0 Å². The van der Waals surface area contributed by atoms with Crippen molar-refractivity contribution in [1.82, 2.24) is 0 Å². The fourth-order valence-corrected chi connectivity index (χ4v) is 3.65. The predicted octanol–water partition coefficient (Wildman–Crippen LogP) is -1.40. The molecule has 1 saturated heterocycles. The normalized spacial score (nSPS) is 29.5. The smallest absolute Gasteiger partial charge is 0.466 e. The molecule has 2 rings (SSSR count). The minimum Gasteiger partial charge on any atom is -0.508 e. The van der Waals surface area contributed by atoms with Gasteiger partial charge in [-0.25, -0.2) is 4.28 Å². The van der Waals surface area contributed by atoms with Gasteiger partial charge in [-0.2, -0.15) is 8.42 Å². The fraction of sp³-hybridized carbons (Fsp3) is 0.500. The number of benzene rings is 1. The number of aromatic hydroxyl groups is 1. The molecule has 0 radical (unpaired) electrons. The van der Waals surface area contributed by atoms with E-state index in [0.717, 1.165) is 0 Å². The highest BCUT2D eigenvalue weighted by molar-refractivity contribution is 8.14. The molecule has 1 fully saturated rings. The van der Waals surface area contributed by atoms with Gasteiger partial charge in [0.25, 0.3) is 0 Å². The minimum absolute atomic E-state index is 0.0552.